The highest BCUT2D eigenvalue weighted by Gasteiger charge is 2.20. The summed E-state index contributed by atoms with van der Waals surface area (Å²) in [7, 11) is 0. The number of hydrogen-bond acceptors (Lipinski definition) is 3. The Morgan fingerprint density at radius 3 is 2.35 bits per heavy atom. The van der Waals surface area contributed by atoms with Crippen LogP contribution in [0.1, 0.15) is 48.0 Å². The maximum Gasteiger partial charge on any atom is 0.225 e. The topological polar surface area (TPSA) is 74.8 Å². The molecule has 0 saturated carbocycles. The number of hydrogen-bond donors (Lipinski definition) is 3. The molecule has 0 aliphatic heterocycles. The molecule has 136 valence electrons. The summed E-state index contributed by atoms with van der Waals surface area (Å²) in [5.41, 5.74) is -0.353. The normalized spacial score (nSPS) is 12.4. The molecule has 0 aliphatic rings. The van der Waals surface area contributed by atoms with Crippen molar-refractivity contribution >= 4 is 11.9 Å². The minimum atomic E-state index is -0.353. The van der Waals surface area contributed by atoms with Crippen LogP contribution in [0.25, 0.3) is 0 Å². The number of rotatable bonds is 10. The zero-order valence-electron chi connectivity index (χ0n) is 15.8. The number of nitrogens with one attached hydrogen (secondary N) is 3. The molecule has 0 atom stereocenters. The highest BCUT2D eigenvalue weighted by atomic mass is 16.5. The van der Waals surface area contributed by atoms with Crippen molar-refractivity contribution in [1.82, 2.24) is 16.0 Å². The molecule has 6 heteroatoms. The second-order valence-electron chi connectivity index (χ2n) is 7.02. The van der Waals surface area contributed by atoms with Gasteiger partial charge in [-0.15, -0.1) is 0 Å². The van der Waals surface area contributed by atoms with Crippen LogP contribution in [0, 0.1) is 11.3 Å². The molecule has 0 bridgehead atoms. The van der Waals surface area contributed by atoms with E-state index in [0.29, 0.717) is 19.0 Å². The first kappa shape index (κ1) is 21.7. The second-order valence-corrected chi connectivity index (χ2v) is 7.02. The number of aliphatic imine (C=N–C) groups is 1. The van der Waals surface area contributed by atoms with Gasteiger partial charge in [0, 0.05) is 44.8 Å². The zero-order chi connectivity index (χ0) is 17.7. The van der Waals surface area contributed by atoms with E-state index in [1.54, 1.807) is 0 Å². The third-order valence-corrected chi connectivity index (χ3v) is 2.90. The molecule has 0 aromatic carbocycles. The standard InChI is InChI=1S/C17H36N4O2/c1-7-18-16(20-9-8-12-23-13-14(2)3)21-11-10-19-15(22)17(4,5)6/h14H,7-13H2,1-6H3,(H,19,22)(H2,18,20,21). The molecule has 0 spiro atoms. The van der Waals surface area contributed by atoms with Gasteiger partial charge in [-0.3, -0.25) is 9.79 Å². The van der Waals surface area contributed by atoms with Crippen molar-refractivity contribution in [3.8, 4) is 0 Å². The summed E-state index contributed by atoms with van der Waals surface area (Å²) in [6, 6.07) is 0. The van der Waals surface area contributed by atoms with Gasteiger partial charge in [0.15, 0.2) is 5.96 Å². The van der Waals surface area contributed by atoms with Crippen LogP contribution < -0.4 is 16.0 Å². The van der Waals surface area contributed by atoms with Crippen LogP contribution in [0.2, 0.25) is 0 Å². The van der Waals surface area contributed by atoms with Gasteiger partial charge in [0.2, 0.25) is 5.91 Å². The molecule has 3 N–H and O–H groups in total. The van der Waals surface area contributed by atoms with Crippen molar-refractivity contribution in [1.29, 1.82) is 0 Å². The van der Waals surface area contributed by atoms with Gasteiger partial charge >= 0.3 is 0 Å². The fraction of sp³-hybridized carbons (Fsp3) is 0.882. The van der Waals surface area contributed by atoms with Crippen molar-refractivity contribution in [3.63, 3.8) is 0 Å². The summed E-state index contributed by atoms with van der Waals surface area (Å²) in [6.07, 6.45) is 0.907. The maximum absolute atomic E-state index is 11.8. The first-order chi connectivity index (χ1) is 10.8. The average Bonchev–Trinajstić information content (AvgIpc) is 2.45. The van der Waals surface area contributed by atoms with Crippen LogP contribution in [0.15, 0.2) is 4.99 Å². The highest BCUT2D eigenvalue weighted by molar-refractivity contribution is 5.81. The minimum Gasteiger partial charge on any atom is -0.381 e. The van der Waals surface area contributed by atoms with Gasteiger partial charge in [0.1, 0.15) is 0 Å². The predicted octanol–water partition coefficient (Wildman–Crippen LogP) is 1.77. The van der Waals surface area contributed by atoms with E-state index in [1.165, 1.54) is 0 Å². The molecule has 1 amide bonds. The van der Waals surface area contributed by atoms with Crippen molar-refractivity contribution < 1.29 is 9.53 Å². The molecule has 6 nitrogen and oxygen atoms in total. The summed E-state index contributed by atoms with van der Waals surface area (Å²) in [5.74, 6) is 1.41. The largest absolute Gasteiger partial charge is 0.381 e. The van der Waals surface area contributed by atoms with E-state index in [4.69, 9.17) is 4.74 Å². The highest BCUT2D eigenvalue weighted by Crippen LogP contribution is 2.11. The molecular formula is C17H36N4O2. The first-order valence-corrected chi connectivity index (χ1v) is 8.65. The van der Waals surface area contributed by atoms with Crippen LogP contribution in [-0.2, 0) is 9.53 Å². The summed E-state index contributed by atoms with van der Waals surface area (Å²) in [5, 5.41) is 9.33. The van der Waals surface area contributed by atoms with E-state index in [2.05, 4.69) is 34.8 Å². The van der Waals surface area contributed by atoms with Gasteiger partial charge in [0.25, 0.3) is 0 Å². The van der Waals surface area contributed by atoms with Crippen LogP contribution in [0.3, 0.4) is 0 Å². The number of amides is 1. The number of nitrogens with zero attached hydrogens (tertiary/aromatic N) is 1. The fourth-order valence-electron chi connectivity index (χ4n) is 1.64. The van der Waals surface area contributed by atoms with Crippen LogP contribution in [0.5, 0.6) is 0 Å². The lowest BCUT2D eigenvalue weighted by Crippen LogP contribution is -2.43. The Labute approximate surface area is 141 Å². The number of carbonyl (C=O) groups excluding carboxylic acids is 1. The number of carbonyl (C=O) groups is 1. The lowest BCUT2D eigenvalue weighted by atomic mass is 9.96. The van der Waals surface area contributed by atoms with Crippen molar-refractivity contribution in [2.24, 2.45) is 16.3 Å². The molecule has 0 aromatic heterocycles. The fourth-order valence-corrected chi connectivity index (χ4v) is 1.64. The molecule has 0 heterocycles. The summed E-state index contributed by atoms with van der Waals surface area (Å²) >= 11 is 0. The number of guanidine groups is 1. The van der Waals surface area contributed by atoms with Gasteiger partial charge < -0.3 is 20.7 Å². The van der Waals surface area contributed by atoms with E-state index in [9.17, 15) is 4.79 Å². The van der Waals surface area contributed by atoms with Gasteiger partial charge in [0.05, 0.1) is 0 Å². The Morgan fingerprint density at radius 1 is 1.13 bits per heavy atom. The second kappa shape index (κ2) is 12.2. The summed E-state index contributed by atoms with van der Waals surface area (Å²) in [4.78, 5) is 16.3. The molecule has 0 aliphatic carbocycles. The molecular weight excluding hydrogens is 292 g/mol. The summed E-state index contributed by atoms with van der Waals surface area (Å²) in [6.45, 7) is 16.3. The van der Waals surface area contributed by atoms with Crippen molar-refractivity contribution in [2.75, 3.05) is 39.4 Å². The first-order valence-electron chi connectivity index (χ1n) is 8.65. The maximum atomic E-state index is 11.8. The van der Waals surface area contributed by atoms with Crippen LogP contribution in [0.4, 0.5) is 0 Å². The Morgan fingerprint density at radius 2 is 1.78 bits per heavy atom. The quantitative estimate of drug-likeness (QED) is 0.325. The molecule has 23 heavy (non-hydrogen) atoms. The third kappa shape index (κ3) is 12.9. The zero-order valence-corrected chi connectivity index (χ0v) is 15.8. The smallest absolute Gasteiger partial charge is 0.225 e. The van der Waals surface area contributed by atoms with E-state index < -0.39 is 0 Å². The SMILES string of the molecule is CCNC(=NCCCOCC(C)C)NCCNC(=O)C(C)(C)C. The van der Waals surface area contributed by atoms with Crippen molar-refractivity contribution in [3.05, 3.63) is 0 Å². The monoisotopic (exact) mass is 328 g/mol. The van der Waals surface area contributed by atoms with Gasteiger partial charge in [-0.25, -0.2) is 0 Å². The predicted molar refractivity (Wildman–Crippen MR) is 96.7 cm³/mol. The van der Waals surface area contributed by atoms with E-state index in [-0.39, 0.29) is 11.3 Å². The molecule has 0 saturated heterocycles. The summed E-state index contributed by atoms with van der Waals surface area (Å²) < 4.78 is 5.54. The Bertz CT molecular complexity index is 349. The lowest BCUT2D eigenvalue weighted by Gasteiger charge is -2.18. The van der Waals surface area contributed by atoms with Crippen molar-refractivity contribution in [2.45, 2.75) is 48.0 Å². The van der Waals surface area contributed by atoms with E-state index in [1.807, 2.05) is 27.7 Å². The van der Waals surface area contributed by atoms with Gasteiger partial charge in [-0.05, 0) is 19.3 Å². The Hall–Kier alpha value is -1.30. The Balaban J connectivity index is 3.92. The average molecular weight is 329 g/mol. The van der Waals surface area contributed by atoms with E-state index in [0.717, 1.165) is 38.7 Å². The lowest BCUT2D eigenvalue weighted by molar-refractivity contribution is -0.128. The van der Waals surface area contributed by atoms with E-state index >= 15 is 0 Å². The molecule has 0 unspecified atom stereocenters. The minimum absolute atomic E-state index is 0.0588. The Kier molecular flexibility index (Phi) is 11.5. The van der Waals surface area contributed by atoms with Gasteiger partial charge in [-0.1, -0.05) is 34.6 Å². The van der Waals surface area contributed by atoms with Gasteiger partial charge in [-0.2, -0.15) is 0 Å². The molecule has 0 fully saturated rings. The molecule has 0 radical (unpaired) electrons. The third-order valence-electron chi connectivity index (χ3n) is 2.90. The van der Waals surface area contributed by atoms with Crippen LogP contribution in [-0.4, -0.2) is 51.3 Å². The molecule has 0 rings (SSSR count). The molecule has 0 aromatic rings. The van der Waals surface area contributed by atoms with Crippen LogP contribution >= 0.6 is 0 Å². The number of ether oxygens (including phenoxy) is 1.